The van der Waals surface area contributed by atoms with Gasteiger partial charge >= 0.3 is 0 Å². The van der Waals surface area contributed by atoms with Crippen molar-refractivity contribution in [2.45, 2.75) is 10.9 Å². The van der Waals surface area contributed by atoms with Crippen molar-refractivity contribution in [1.82, 2.24) is 20.6 Å². The molecule has 1 aromatic heterocycles. The van der Waals surface area contributed by atoms with Crippen LogP contribution in [0.15, 0.2) is 35.7 Å². The SMILES string of the molecule is NNC(=O)c1ccccc1CSc1ncn[nH]1. The van der Waals surface area contributed by atoms with Gasteiger partial charge in [-0.2, -0.15) is 5.10 Å². The van der Waals surface area contributed by atoms with Crippen molar-refractivity contribution >= 4 is 17.7 Å². The minimum atomic E-state index is -0.293. The number of aromatic amines is 1. The van der Waals surface area contributed by atoms with E-state index in [1.165, 1.54) is 18.1 Å². The molecule has 88 valence electrons. The Bertz CT molecular complexity index is 499. The lowest BCUT2D eigenvalue weighted by Gasteiger charge is -2.06. The Morgan fingerprint density at radius 1 is 1.47 bits per heavy atom. The summed E-state index contributed by atoms with van der Waals surface area (Å²) in [6, 6.07) is 7.29. The number of nitrogens with zero attached hydrogens (tertiary/aromatic N) is 2. The number of nitrogen functional groups attached to an aromatic ring is 1. The first-order valence-electron chi connectivity index (χ1n) is 4.88. The highest BCUT2D eigenvalue weighted by Crippen LogP contribution is 2.20. The molecular formula is C10H11N5OS. The van der Waals surface area contributed by atoms with Crippen molar-refractivity contribution < 1.29 is 4.79 Å². The summed E-state index contributed by atoms with van der Waals surface area (Å²) < 4.78 is 0. The second kappa shape index (κ2) is 5.46. The van der Waals surface area contributed by atoms with Gasteiger partial charge in [-0.25, -0.2) is 10.8 Å². The van der Waals surface area contributed by atoms with E-state index in [0.29, 0.717) is 16.5 Å². The molecule has 0 spiro atoms. The first kappa shape index (κ1) is 11.6. The van der Waals surface area contributed by atoms with Crippen LogP contribution in [0.3, 0.4) is 0 Å². The summed E-state index contributed by atoms with van der Waals surface area (Å²) in [6.45, 7) is 0. The number of carbonyl (C=O) groups is 1. The molecule has 7 heteroatoms. The first-order chi connectivity index (χ1) is 8.31. The van der Waals surface area contributed by atoms with Gasteiger partial charge in [-0.05, 0) is 11.6 Å². The maximum Gasteiger partial charge on any atom is 0.265 e. The summed E-state index contributed by atoms with van der Waals surface area (Å²) in [5, 5.41) is 7.21. The molecule has 1 aromatic carbocycles. The molecule has 0 radical (unpaired) electrons. The van der Waals surface area contributed by atoms with E-state index in [4.69, 9.17) is 5.84 Å². The number of hydrogen-bond donors (Lipinski definition) is 3. The van der Waals surface area contributed by atoms with E-state index in [1.807, 2.05) is 12.1 Å². The highest BCUT2D eigenvalue weighted by Gasteiger charge is 2.09. The number of carbonyl (C=O) groups excluding carboxylic acids is 1. The minimum Gasteiger partial charge on any atom is -0.290 e. The van der Waals surface area contributed by atoms with Crippen LogP contribution in [0.1, 0.15) is 15.9 Å². The van der Waals surface area contributed by atoms with E-state index in [2.05, 4.69) is 20.6 Å². The average molecular weight is 249 g/mol. The van der Waals surface area contributed by atoms with Gasteiger partial charge in [-0.15, -0.1) is 0 Å². The number of amides is 1. The third kappa shape index (κ3) is 2.83. The number of hydrogen-bond acceptors (Lipinski definition) is 5. The fourth-order valence-corrected chi connectivity index (χ4v) is 2.14. The Morgan fingerprint density at radius 3 is 3.00 bits per heavy atom. The molecule has 2 rings (SSSR count). The van der Waals surface area contributed by atoms with Crippen LogP contribution in [-0.2, 0) is 5.75 Å². The second-order valence-corrected chi connectivity index (χ2v) is 4.17. The number of rotatable bonds is 4. The molecule has 0 saturated carbocycles. The summed E-state index contributed by atoms with van der Waals surface area (Å²) in [6.07, 6.45) is 1.45. The topological polar surface area (TPSA) is 96.7 Å². The smallest absolute Gasteiger partial charge is 0.265 e. The number of aromatic nitrogens is 3. The largest absolute Gasteiger partial charge is 0.290 e. The number of nitrogens with two attached hydrogens (primary N) is 1. The van der Waals surface area contributed by atoms with Crippen LogP contribution in [0.2, 0.25) is 0 Å². The summed E-state index contributed by atoms with van der Waals surface area (Å²) in [4.78, 5) is 15.5. The zero-order valence-corrected chi connectivity index (χ0v) is 9.70. The van der Waals surface area contributed by atoms with Gasteiger partial charge < -0.3 is 0 Å². The Hall–Kier alpha value is -1.86. The maximum absolute atomic E-state index is 11.5. The van der Waals surface area contributed by atoms with E-state index in [-0.39, 0.29) is 5.91 Å². The van der Waals surface area contributed by atoms with Crippen LogP contribution >= 0.6 is 11.8 Å². The predicted octanol–water partition coefficient (Wildman–Crippen LogP) is 0.700. The van der Waals surface area contributed by atoms with Crippen LogP contribution in [0, 0.1) is 0 Å². The fraction of sp³-hybridized carbons (Fsp3) is 0.100. The minimum absolute atomic E-state index is 0.293. The van der Waals surface area contributed by atoms with E-state index >= 15 is 0 Å². The van der Waals surface area contributed by atoms with Gasteiger partial charge in [0.05, 0.1) is 0 Å². The molecule has 4 N–H and O–H groups in total. The van der Waals surface area contributed by atoms with Crippen molar-refractivity contribution in [1.29, 1.82) is 0 Å². The Kier molecular flexibility index (Phi) is 3.73. The molecule has 0 fully saturated rings. The Morgan fingerprint density at radius 2 is 2.29 bits per heavy atom. The van der Waals surface area contributed by atoms with Gasteiger partial charge in [-0.3, -0.25) is 15.3 Å². The quantitative estimate of drug-likeness (QED) is 0.321. The molecule has 0 atom stereocenters. The molecule has 2 aromatic rings. The van der Waals surface area contributed by atoms with Gasteiger partial charge in [0.25, 0.3) is 5.91 Å². The van der Waals surface area contributed by atoms with E-state index in [0.717, 1.165) is 5.56 Å². The standard InChI is InChI=1S/C10H11N5OS/c11-14-9(16)8-4-2-1-3-7(8)5-17-10-12-6-13-15-10/h1-4,6H,5,11H2,(H,14,16)(H,12,13,15). The molecule has 0 aliphatic carbocycles. The van der Waals surface area contributed by atoms with Gasteiger partial charge in [0.1, 0.15) is 6.33 Å². The van der Waals surface area contributed by atoms with Crippen LogP contribution in [0.5, 0.6) is 0 Å². The first-order valence-corrected chi connectivity index (χ1v) is 5.87. The zero-order valence-electron chi connectivity index (χ0n) is 8.88. The second-order valence-electron chi connectivity index (χ2n) is 3.21. The maximum atomic E-state index is 11.5. The molecule has 17 heavy (non-hydrogen) atoms. The van der Waals surface area contributed by atoms with Gasteiger partial charge in [0.15, 0.2) is 5.16 Å². The molecule has 1 heterocycles. The molecule has 0 aliphatic rings. The summed E-state index contributed by atoms with van der Waals surface area (Å²) >= 11 is 1.47. The van der Waals surface area contributed by atoms with Crippen LogP contribution < -0.4 is 11.3 Å². The number of thioether (sulfide) groups is 1. The molecule has 1 amide bonds. The summed E-state index contributed by atoms with van der Waals surface area (Å²) in [7, 11) is 0. The lowest BCUT2D eigenvalue weighted by Crippen LogP contribution is -2.30. The van der Waals surface area contributed by atoms with Gasteiger partial charge in [0.2, 0.25) is 0 Å². The summed E-state index contributed by atoms with van der Waals surface area (Å²) in [5.41, 5.74) is 3.60. The predicted molar refractivity (Wildman–Crippen MR) is 64.0 cm³/mol. The lowest BCUT2D eigenvalue weighted by molar-refractivity contribution is 0.0953. The molecule has 0 unspecified atom stereocenters. The van der Waals surface area contributed by atoms with Gasteiger partial charge in [-0.1, -0.05) is 30.0 Å². The normalized spacial score (nSPS) is 10.2. The highest BCUT2D eigenvalue weighted by atomic mass is 32.2. The van der Waals surface area contributed by atoms with Crippen molar-refractivity contribution in [2.24, 2.45) is 5.84 Å². The van der Waals surface area contributed by atoms with Crippen LogP contribution in [0.4, 0.5) is 0 Å². The lowest BCUT2D eigenvalue weighted by atomic mass is 10.1. The van der Waals surface area contributed by atoms with E-state index in [1.54, 1.807) is 12.1 Å². The average Bonchev–Trinajstić information content (AvgIpc) is 2.89. The molecule has 6 nitrogen and oxygen atoms in total. The monoisotopic (exact) mass is 249 g/mol. The molecule has 0 bridgehead atoms. The van der Waals surface area contributed by atoms with Crippen LogP contribution in [0.25, 0.3) is 0 Å². The third-order valence-corrected chi connectivity index (χ3v) is 3.08. The molecule has 0 saturated heterocycles. The van der Waals surface area contributed by atoms with Gasteiger partial charge in [0, 0.05) is 11.3 Å². The van der Waals surface area contributed by atoms with Crippen molar-refractivity contribution in [3.63, 3.8) is 0 Å². The molecular weight excluding hydrogens is 238 g/mol. The zero-order chi connectivity index (χ0) is 12.1. The van der Waals surface area contributed by atoms with Crippen molar-refractivity contribution in [2.75, 3.05) is 0 Å². The summed E-state index contributed by atoms with van der Waals surface area (Å²) in [5.74, 6) is 5.46. The highest BCUT2D eigenvalue weighted by molar-refractivity contribution is 7.98. The third-order valence-electron chi connectivity index (χ3n) is 2.15. The van der Waals surface area contributed by atoms with Crippen molar-refractivity contribution in [3.8, 4) is 0 Å². The van der Waals surface area contributed by atoms with Crippen molar-refractivity contribution in [3.05, 3.63) is 41.7 Å². The van der Waals surface area contributed by atoms with E-state index in [9.17, 15) is 4.79 Å². The number of benzene rings is 1. The van der Waals surface area contributed by atoms with Crippen LogP contribution in [-0.4, -0.2) is 21.1 Å². The molecule has 0 aliphatic heterocycles. The number of nitrogens with one attached hydrogen (secondary N) is 2. The fourth-order valence-electron chi connectivity index (χ4n) is 1.36. The Labute approximate surface area is 102 Å². The Balaban J connectivity index is 2.12. The van der Waals surface area contributed by atoms with E-state index < -0.39 is 0 Å². The number of hydrazine groups is 1. The number of H-pyrrole nitrogens is 1.